The minimum atomic E-state index is -1.34. The maximum absolute atomic E-state index is 12.1. The molecule has 1 aromatic heterocycles. The van der Waals surface area contributed by atoms with Gasteiger partial charge in [0.05, 0.1) is 11.1 Å². The quantitative estimate of drug-likeness (QED) is 0.802. The van der Waals surface area contributed by atoms with Gasteiger partial charge in [0.2, 0.25) is 0 Å². The summed E-state index contributed by atoms with van der Waals surface area (Å²) in [7, 11) is 0. The number of aliphatic carboxylic acids is 2. The van der Waals surface area contributed by atoms with Crippen molar-refractivity contribution in [2.75, 3.05) is 0 Å². The third kappa shape index (κ3) is 3.13. The van der Waals surface area contributed by atoms with Crippen molar-refractivity contribution < 1.29 is 19.8 Å². The van der Waals surface area contributed by atoms with Crippen LogP contribution < -0.4 is 0 Å². The summed E-state index contributed by atoms with van der Waals surface area (Å²) in [5.74, 6) is -1.54. The summed E-state index contributed by atoms with van der Waals surface area (Å²) in [6.45, 7) is 1.58. The zero-order valence-electron chi connectivity index (χ0n) is 15.6. The fraction of sp³-hybridized carbons (Fsp3) is 0.261. The van der Waals surface area contributed by atoms with Crippen LogP contribution in [0.25, 0.3) is 16.8 Å². The Balaban J connectivity index is 1.86. The Hall–Kier alpha value is -3.21. The van der Waals surface area contributed by atoms with E-state index in [2.05, 4.69) is 17.1 Å². The summed E-state index contributed by atoms with van der Waals surface area (Å²) in [5, 5.41) is 19.3. The van der Waals surface area contributed by atoms with Crippen LogP contribution in [0.3, 0.4) is 0 Å². The van der Waals surface area contributed by atoms with Gasteiger partial charge in [0, 0.05) is 22.9 Å². The van der Waals surface area contributed by atoms with Crippen LogP contribution in [0, 0.1) is 5.41 Å². The molecule has 2 N–H and O–H groups in total. The van der Waals surface area contributed by atoms with Gasteiger partial charge >= 0.3 is 11.9 Å². The number of benzene rings is 1. The molecular formula is C23H21NO4. The molecule has 5 nitrogen and oxygen atoms in total. The minimum absolute atomic E-state index is 0.0695. The van der Waals surface area contributed by atoms with Crippen LogP contribution in [0.4, 0.5) is 0 Å². The number of carboxylic acids is 2. The van der Waals surface area contributed by atoms with E-state index in [0.717, 1.165) is 16.8 Å². The van der Waals surface area contributed by atoms with Crippen LogP contribution in [0.15, 0.2) is 60.3 Å². The van der Waals surface area contributed by atoms with Crippen molar-refractivity contribution in [2.45, 2.75) is 32.1 Å². The molecule has 1 saturated carbocycles. The van der Waals surface area contributed by atoms with Gasteiger partial charge in [0.15, 0.2) is 0 Å². The van der Waals surface area contributed by atoms with Crippen molar-refractivity contribution in [3.05, 3.63) is 71.4 Å². The highest BCUT2D eigenvalue weighted by atomic mass is 16.4. The van der Waals surface area contributed by atoms with E-state index in [1.54, 1.807) is 25.3 Å². The Labute approximate surface area is 163 Å². The second kappa shape index (κ2) is 6.75. The van der Waals surface area contributed by atoms with Gasteiger partial charge in [-0.15, -0.1) is 0 Å². The molecule has 28 heavy (non-hydrogen) atoms. The predicted octanol–water partition coefficient (Wildman–Crippen LogP) is 4.52. The van der Waals surface area contributed by atoms with E-state index in [1.807, 2.05) is 18.2 Å². The summed E-state index contributed by atoms with van der Waals surface area (Å²) in [4.78, 5) is 28.1. The van der Waals surface area contributed by atoms with Crippen molar-refractivity contribution >= 4 is 17.5 Å². The van der Waals surface area contributed by atoms with Gasteiger partial charge in [-0.05, 0) is 55.4 Å². The first-order valence-corrected chi connectivity index (χ1v) is 9.34. The van der Waals surface area contributed by atoms with E-state index in [1.165, 1.54) is 24.5 Å². The van der Waals surface area contributed by atoms with E-state index in [4.69, 9.17) is 0 Å². The summed E-state index contributed by atoms with van der Waals surface area (Å²) in [5.41, 5.74) is 2.99. The molecule has 0 saturated heterocycles. The number of carboxylic acid groups (broad SMARTS) is 2. The Bertz CT molecular complexity index is 1030. The third-order valence-electron chi connectivity index (χ3n) is 5.64. The van der Waals surface area contributed by atoms with Crippen LogP contribution in [0.2, 0.25) is 0 Å². The van der Waals surface area contributed by atoms with E-state index in [-0.39, 0.29) is 12.0 Å². The molecule has 1 unspecified atom stereocenters. The lowest BCUT2D eigenvalue weighted by atomic mass is 9.70. The van der Waals surface area contributed by atoms with E-state index in [0.29, 0.717) is 11.5 Å². The zero-order chi connectivity index (χ0) is 19.9. The number of pyridine rings is 1. The monoisotopic (exact) mass is 375 g/mol. The summed E-state index contributed by atoms with van der Waals surface area (Å²) < 4.78 is 0. The smallest absolute Gasteiger partial charge is 0.331 e. The van der Waals surface area contributed by atoms with Crippen LogP contribution in [-0.4, -0.2) is 27.1 Å². The molecule has 2 aromatic rings. The minimum Gasteiger partial charge on any atom is -0.481 e. The maximum Gasteiger partial charge on any atom is 0.331 e. The SMILES string of the molecule is CC1(C(=O)O)CC(C(=O)O)=CC=C1c1cccnc1-c1cccc(C2CC2)c1. The lowest BCUT2D eigenvalue weighted by Crippen LogP contribution is -2.32. The number of carbonyl (C=O) groups is 2. The molecule has 1 aromatic carbocycles. The molecule has 1 atom stereocenters. The molecule has 0 bridgehead atoms. The van der Waals surface area contributed by atoms with Gasteiger partial charge in [-0.2, -0.15) is 0 Å². The number of hydrogen-bond acceptors (Lipinski definition) is 3. The topological polar surface area (TPSA) is 87.5 Å². The van der Waals surface area contributed by atoms with Crippen LogP contribution >= 0.6 is 0 Å². The second-order valence-electron chi connectivity index (χ2n) is 7.69. The van der Waals surface area contributed by atoms with Gasteiger partial charge < -0.3 is 10.2 Å². The molecule has 0 radical (unpaired) electrons. The first-order valence-electron chi connectivity index (χ1n) is 9.34. The van der Waals surface area contributed by atoms with Crippen molar-refractivity contribution in [1.29, 1.82) is 0 Å². The fourth-order valence-corrected chi connectivity index (χ4v) is 3.84. The van der Waals surface area contributed by atoms with Crippen molar-refractivity contribution in [3.8, 4) is 11.3 Å². The Kier molecular flexibility index (Phi) is 4.38. The average molecular weight is 375 g/mol. The number of hydrogen-bond donors (Lipinski definition) is 2. The lowest BCUT2D eigenvalue weighted by molar-refractivity contribution is -0.144. The highest BCUT2D eigenvalue weighted by Gasteiger charge is 2.42. The van der Waals surface area contributed by atoms with Crippen molar-refractivity contribution in [2.24, 2.45) is 5.41 Å². The highest BCUT2D eigenvalue weighted by molar-refractivity contribution is 5.99. The molecular weight excluding hydrogens is 354 g/mol. The second-order valence-corrected chi connectivity index (χ2v) is 7.69. The van der Waals surface area contributed by atoms with Crippen molar-refractivity contribution in [3.63, 3.8) is 0 Å². The van der Waals surface area contributed by atoms with Gasteiger partial charge in [-0.3, -0.25) is 9.78 Å². The molecule has 0 aliphatic heterocycles. The highest BCUT2D eigenvalue weighted by Crippen LogP contribution is 2.46. The molecule has 5 heteroatoms. The first-order chi connectivity index (χ1) is 13.4. The number of allylic oxidation sites excluding steroid dienone is 2. The Morgan fingerprint density at radius 2 is 1.89 bits per heavy atom. The Morgan fingerprint density at radius 1 is 1.11 bits per heavy atom. The molecule has 2 aliphatic carbocycles. The van der Waals surface area contributed by atoms with Crippen LogP contribution in [0.1, 0.15) is 43.2 Å². The standard InChI is InChI=1S/C23H21NO4/c1-23(22(27)28)13-17(21(25)26)9-10-19(23)18-6-3-11-24-20(18)16-5-2-4-15(12-16)14-7-8-14/h2-6,9-12,14H,7-8,13H2,1H3,(H,25,26)(H,27,28). The first kappa shape index (κ1) is 18.2. The molecule has 1 heterocycles. The molecule has 0 spiro atoms. The van der Waals surface area contributed by atoms with Gasteiger partial charge in [0.1, 0.15) is 0 Å². The summed E-state index contributed by atoms with van der Waals surface area (Å²) >= 11 is 0. The maximum atomic E-state index is 12.1. The predicted molar refractivity (Wildman–Crippen MR) is 106 cm³/mol. The Morgan fingerprint density at radius 3 is 2.57 bits per heavy atom. The fourth-order valence-electron chi connectivity index (χ4n) is 3.84. The zero-order valence-corrected chi connectivity index (χ0v) is 15.6. The van der Waals surface area contributed by atoms with E-state index >= 15 is 0 Å². The van der Waals surface area contributed by atoms with Crippen LogP contribution in [0.5, 0.6) is 0 Å². The number of nitrogens with zero attached hydrogens (tertiary/aromatic N) is 1. The molecule has 4 rings (SSSR count). The summed E-state index contributed by atoms with van der Waals surface area (Å²) in [6, 6.07) is 11.9. The largest absolute Gasteiger partial charge is 0.481 e. The molecule has 2 aliphatic rings. The van der Waals surface area contributed by atoms with Gasteiger partial charge in [-0.1, -0.05) is 36.4 Å². The molecule has 0 amide bonds. The van der Waals surface area contributed by atoms with E-state index < -0.39 is 17.4 Å². The third-order valence-corrected chi connectivity index (χ3v) is 5.64. The van der Waals surface area contributed by atoms with Crippen molar-refractivity contribution in [1.82, 2.24) is 4.98 Å². The average Bonchev–Trinajstić information content (AvgIpc) is 3.53. The van der Waals surface area contributed by atoms with Gasteiger partial charge in [-0.25, -0.2) is 4.79 Å². The molecule has 142 valence electrons. The number of aromatic nitrogens is 1. The number of rotatable bonds is 5. The van der Waals surface area contributed by atoms with Crippen LogP contribution in [-0.2, 0) is 9.59 Å². The lowest BCUT2D eigenvalue weighted by Gasteiger charge is -2.32. The normalized spacial score (nSPS) is 21.6. The van der Waals surface area contributed by atoms with Gasteiger partial charge in [0.25, 0.3) is 0 Å². The molecule has 1 fully saturated rings. The summed E-state index contributed by atoms with van der Waals surface area (Å²) in [6.07, 6.45) is 7.14. The van der Waals surface area contributed by atoms with E-state index in [9.17, 15) is 19.8 Å².